The van der Waals surface area contributed by atoms with Crippen LogP contribution >= 0.6 is 0 Å². The standard InChI is InChI=1S/C109H70N4/c1-6-24-71(25-7-1)72-42-51-83(52-43-72)110(86-56-59-92-91-36-18-21-39-101(91)109(102(92)70-86,79-26-8-2-9-27-79)80-28-10-3-11-29-80)85-55-58-89-87-34-16-17-35-88(87)95-64-74(46-57-90(95)96(89)69-85)73-44-53-84(54-45-73)113-107-62-49-77(75-47-60-105-97(65-75)93-37-19-22-40-103(93)111(105)81-30-12-4-13-31-81)67-99(107)100-68-78(50-63-108(100)113)76-48-61-106-98(66-76)94-38-20-23-41-104(94)112(106)82-32-14-5-15-33-82/h1-70H. The summed E-state index contributed by atoms with van der Waals surface area (Å²) in [5, 5.41) is 14.6. The zero-order valence-corrected chi connectivity index (χ0v) is 61.7. The van der Waals surface area contributed by atoms with Crippen LogP contribution in [0.2, 0.25) is 0 Å². The van der Waals surface area contributed by atoms with Crippen LogP contribution in [-0.2, 0) is 5.41 Å². The molecule has 526 valence electrons. The first-order valence-corrected chi connectivity index (χ1v) is 39.1. The highest BCUT2D eigenvalue weighted by atomic mass is 15.1. The summed E-state index contributed by atoms with van der Waals surface area (Å²) in [5.41, 5.74) is 30.1. The predicted octanol–water partition coefficient (Wildman–Crippen LogP) is 28.9. The molecule has 0 atom stereocenters. The zero-order valence-electron chi connectivity index (χ0n) is 61.7. The van der Waals surface area contributed by atoms with E-state index in [1.165, 1.54) is 153 Å². The molecule has 0 spiro atoms. The lowest BCUT2D eigenvalue weighted by molar-refractivity contribution is 0.768. The van der Waals surface area contributed by atoms with Crippen molar-refractivity contribution in [3.63, 3.8) is 0 Å². The molecule has 3 aromatic heterocycles. The van der Waals surface area contributed by atoms with Crippen LogP contribution < -0.4 is 4.90 Å². The molecule has 113 heavy (non-hydrogen) atoms. The molecule has 0 saturated carbocycles. The number of para-hydroxylation sites is 4. The Labute approximate surface area is 654 Å². The quantitative estimate of drug-likeness (QED) is 0.112. The zero-order chi connectivity index (χ0) is 74.2. The van der Waals surface area contributed by atoms with E-state index in [-0.39, 0.29) is 0 Å². The van der Waals surface area contributed by atoms with Gasteiger partial charge in [-0.15, -0.1) is 0 Å². The van der Waals surface area contributed by atoms with Gasteiger partial charge in [0, 0.05) is 66.4 Å². The molecule has 23 rings (SSSR count). The Bertz CT molecular complexity index is 7310. The average molecular weight is 1440 g/mol. The van der Waals surface area contributed by atoms with Crippen molar-refractivity contribution in [3.8, 4) is 72.7 Å². The van der Waals surface area contributed by atoms with Crippen molar-refractivity contribution in [3.05, 3.63) is 447 Å². The average Bonchev–Trinajstić information content (AvgIpc) is 1.15. The van der Waals surface area contributed by atoms with Gasteiger partial charge in [0.25, 0.3) is 0 Å². The van der Waals surface area contributed by atoms with Gasteiger partial charge < -0.3 is 18.6 Å². The van der Waals surface area contributed by atoms with Crippen molar-refractivity contribution in [1.29, 1.82) is 0 Å². The fourth-order valence-corrected chi connectivity index (χ4v) is 19.2. The molecule has 0 unspecified atom stereocenters. The number of aromatic nitrogens is 3. The lowest BCUT2D eigenvalue weighted by atomic mass is 9.67. The van der Waals surface area contributed by atoms with Crippen molar-refractivity contribution < 1.29 is 0 Å². The van der Waals surface area contributed by atoms with E-state index < -0.39 is 5.41 Å². The van der Waals surface area contributed by atoms with Gasteiger partial charge in [-0.1, -0.05) is 285 Å². The van der Waals surface area contributed by atoms with E-state index in [0.29, 0.717) is 0 Å². The van der Waals surface area contributed by atoms with Gasteiger partial charge in [-0.25, -0.2) is 0 Å². The molecule has 0 saturated heterocycles. The third kappa shape index (κ3) is 10.0. The lowest BCUT2D eigenvalue weighted by Crippen LogP contribution is -2.28. The fourth-order valence-electron chi connectivity index (χ4n) is 19.2. The Kier molecular flexibility index (Phi) is 14.6. The Balaban J connectivity index is 0.658. The summed E-state index contributed by atoms with van der Waals surface area (Å²) in [5.74, 6) is 0. The van der Waals surface area contributed by atoms with E-state index in [9.17, 15) is 0 Å². The van der Waals surface area contributed by atoms with E-state index >= 15 is 0 Å². The Morgan fingerprint density at radius 3 is 1.02 bits per heavy atom. The van der Waals surface area contributed by atoms with E-state index in [1.54, 1.807) is 0 Å². The monoisotopic (exact) mass is 1430 g/mol. The maximum atomic E-state index is 2.48. The molecule has 4 nitrogen and oxygen atoms in total. The van der Waals surface area contributed by atoms with E-state index in [2.05, 4.69) is 443 Å². The molecule has 0 amide bonds. The SMILES string of the molecule is c1ccc(-c2ccc(N(c3ccc4c(c3)C(c3ccccc3)(c3ccccc3)c3ccccc3-4)c3ccc4c5ccccc5c5cc(-c6ccc(-n7c8ccc(-c9ccc%10c(c9)c9ccccc9n%10-c9ccccc9)cc8c8cc(-c9ccc%10c(c9)c9ccccc9n%10-c9ccccc9)ccc87)cc6)ccc5c4c3)cc2)cc1. The summed E-state index contributed by atoms with van der Waals surface area (Å²) < 4.78 is 7.26. The van der Waals surface area contributed by atoms with Gasteiger partial charge >= 0.3 is 0 Å². The van der Waals surface area contributed by atoms with Gasteiger partial charge in [0.15, 0.2) is 0 Å². The van der Waals surface area contributed by atoms with Crippen molar-refractivity contribution in [2.75, 3.05) is 4.90 Å². The minimum atomic E-state index is -0.567. The van der Waals surface area contributed by atoms with Crippen molar-refractivity contribution in [2.24, 2.45) is 0 Å². The summed E-state index contributed by atoms with van der Waals surface area (Å²) >= 11 is 0. The summed E-state index contributed by atoms with van der Waals surface area (Å²) in [6.45, 7) is 0. The molecule has 1 aliphatic carbocycles. The molecule has 0 fully saturated rings. The number of fused-ring (bicyclic) bond motifs is 18. The maximum Gasteiger partial charge on any atom is 0.0714 e. The lowest BCUT2D eigenvalue weighted by Gasteiger charge is -2.35. The molecular formula is C109H70N4. The summed E-state index contributed by atoms with van der Waals surface area (Å²) in [7, 11) is 0. The molecule has 22 aromatic rings. The van der Waals surface area contributed by atoms with Gasteiger partial charge in [-0.05, 0) is 250 Å². The highest BCUT2D eigenvalue weighted by molar-refractivity contribution is 6.26. The van der Waals surface area contributed by atoms with Gasteiger partial charge in [-0.2, -0.15) is 0 Å². The van der Waals surface area contributed by atoms with Crippen LogP contribution in [0.25, 0.3) is 170 Å². The molecule has 19 aromatic carbocycles. The number of anilines is 3. The molecule has 0 radical (unpaired) electrons. The minimum absolute atomic E-state index is 0.567. The van der Waals surface area contributed by atoms with Crippen LogP contribution in [0.1, 0.15) is 22.3 Å². The molecule has 4 heteroatoms. The number of nitrogens with zero attached hydrogens (tertiary/aromatic N) is 4. The third-order valence-corrected chi connectivity index (χ3v) is 24.3. The summed E-state index contributed by atoms with van der Waals surface area (Å²) in [4.78, 5) is 2.48. The largest absolute Gasteiger partial charge is 0.310 e. The third-order valence-electron chi connectivity index (χ3n) is 24.3. The van der Waals surface area contributed by atoms with Crippen LogP contribution in [-0.4, -0.2) is 13.7 Å². The second-order valence-corrected chi connectivity index (χ2v) is 30.2. The topological polar surface area (TPSA) is 18.0 Å². The molecule has 3 heterocycles. The van der Waals surface area contributed by atoms with Gasteiger partial charge in [-0.3, -0.25) is 0 Å². The van der Waals surface area contributed by atoms with Gasteiger partial charge in [0.1, 0.15) is 0 Å². The second kappa shape index (κ2) is 25.6. The van der Waals surface area contributed by atoms with Gasteiger partial charge in [0.05, 0.1) is 38.5 Å². The van der Waals surface area contributed by atoms with Crippen LogP contribution in [0.3, 0.4) is 0 Å². The predicted molar refractivity (Wildman–Crippen MR) is 476 cm³/mol. The summed E-state index contributed by atoms with van der Waals surface area (Å²) in [6.07, 6.45) is 0. The smallest absolute Gasteiger partial charge is 0.0714 e. The van der Waals surface area contributed by atoms with Crippen LogP contribution in [0.15, 0.2) is 425 Å². The Morgan fingerprint density at radius 1 is 0.168 bits per heavy atom. The van der Waals surface area contributed by atoms with Crippen LogP contribution in [0, 0.1) is 0 Å². The summed E-state index contributed by atoms with van der Waals surface area (Å²) in [6, 6.07) is 158. The van der Waals surface area contributed by atoms with Crippen molar-refractivity contribution >= 4 is 115 Å². The normalized spacial score (nSPS) is 12.5. The highest BCUT2D eigenvalue weighted by Crippen LogP contribution is 2.58. The first-order valence-electron chi connectivity index (χ1n) is 39.1. The second-order valence-electron chi connectivity index (χ2n) is 30.2. The maximum absolute atomic E-state index is 2.48. The van der Waals surface area contributed by atoms with E-state index in [4.69, 9.17) is 0 Å². The van der Waals surface area contributed by atoms with Crippen molar-refractivity contribution in [2.45, 2.75) is 5.41 Å². The van der Waals surface area contributed by atoms with Crippen LogP contribution in [0.5, 0.6) is 0 Å². The van der Waals surface area contributed by atoms with E-state index in [0.717, 1.165) is 56.3 Å². The van der Waals surface area contributed by atoms with Crippen LogP contribution in [0.4, 0.5) is 17.1 Å². The Hall–Kier alpha value is -14.8. The first-order chi connectivity index (χ1) is 56.0. The minimum Gasteiger partial charge on any atom is -0.310 e. The number of hydrogen-bond donors (Lipinski definition) is 0. The molecule has 0 bridgehead atoms. The van der Waals surface area contributed by atoms with E-state index in [1.807, 2.05) is 0 Å². The van der Waals surface area contributed by atoms with Gasteiger partial charge in [0.2, 0.25) is 0 Å². The number of benzene rings is 19. The van der Waals surface area contributed by atoms with Crippen molar-refractivity contribution in [1.82, 2.24) is 13.7 Å². The molecular weight excluding hydrogens is 1370 g/mol. The Morgan fingerprint density at radius 2 is 0.478 bits per heavy atom. The molecule has 0 aliphatic heterocycles. The molecule has 0 N–H and O–H groups in total. The molecule has 1 aliphatic rings. The first kappa shape index (κ1) is 64.2. The number of hydrogen-bond acceptors (Lipinski definition) is 1. The highest BCUT2D eigenvalue weighted by Gasteiger charge is 2.46. The fraction of sp³-hybridized carbons (Fsp3) is 0.00917. The number of rotatable bonds is 12.